The summed E-state index contributed by atoms with van der Waals surface area (Å²) < 4.78 is 10.1. The molecule has 0 bridgehead atoms. The standard InChI is InChI=1S/C16H18O5/c1-4-20-14(18)6-5-11-10(3)15-12(17)7-9(2)8-13(15)21-16(11)19/h7-8,17H,4-6H2,1-3H3. The van der Waals surface area contributed by atoms with E-state index in [0.717, 1.165) is 5.56 Å². The van der Waals surface area contributed by atoms with E-state index in [-0.39, 0.29) is 24.6 Å². The molecular weight excluding hydrogens is 272 g/mol. The van der Waals surface area contributed by atoms with Crippen LogP contribution in [0.25, 0.3) is 11.0 Å². The third kappa shape index (κ3) is 3.07. The third-order valence-corrected chi connectivity index (χ3v) is 3.39. The van der Waals surface area contributed by atoms with Crippen molar-refractivity contribution in [1.29, 1.82) is 0 Å². The fourth-order valence-electron chi connectivity index (χ4n) is 2.41. The van der Waals surface area contributed by atoms with Gasteiger partial charge in [0.2, 0.25) is 0 Å². The van der Waals surface area contributed by atoms with E-state index in [9.17, 15) is 14.7 Å². The van der Waals surface area contributed by atoms with Crippen LogP contribution in [0.3, 0.4) is 0 Å². The lowest BCUT2D eigenvalue weighted by molar-refractivity contribution is -0.143. The highest BCUT2D eigenvalue weighted by Crippen LogP contribution is 2.30. The summed E-state index contributed by atoms with van der Waals surface area (Å²) in [5, 5.41) is 10.6. The summed E-state index contributed by atoms with van der Waals surface area (Å²) in [5.41, 5.74) is 1.73. The number of phenolic OH excluding ortho intramolecular Hbond substituents is 1. The van der Waals surface area contributed by atoms with Crippen LogP contribution in [-0.2, 0) is 16.0 Å². The first-order chi connectivity index (χ1) is 9.93. The third-order valence-electron chi connectivity index (χ3n) is 3.39. The summed E-state index contributed by atoms with van der Waals surface area (Å²) in [6.07, 6.45) is 0.341. The zero-order valence-electron chi connectivity index (χ0n) is 12.4. The minimum Gasteiger partial charge on any atom is -0.507 e. The largest absolute Gasteiger partial charge is 0.507 e. The maximum atomic E-state index is 12.0. The molecule has 0 saturated heterocycles. The molecular formula is C16H18O5. The molecule has 5 nitrogen and oxygen atoms in total. The first-order valence-electron chi connectivity index (χ1n) is 6.85. The molecule has 0 spiro atoms. The monoisotopic (exact) mass is 290 g/mol. The van der Waals surface area contributed by atoms with Gasteiger partial charge in [-0.25, -0.2) is 4.79 Å². The van der Waals surface area contributed by atoms with Gasteiger partial charge in [-0.2, -0.15) is 0 Å². The minimum atomic E-state index is -0.478. The van der Waals surface area contributed by atoms with E-state index in [1.807, 2.05) is 6.92 Å². The van der Waals surface area contributed by atoms with Crippen LogP contribution < -0.4 is 5.63 Å². The Morgan fingerprint density at radius 2 is 2.05 bits per heavy atom. The van der Waals surface area contributed by atoms with Crippen molar-refractivity contribution in [2.75, 3.05) is 6.61 Å². The average molecular weight is 290 g/mol. The molecule has 0 saturated carbocycles. The van der Waals surface area contributed by atoms with E-state index in [0.29, 0.717) is 28.7 Å². The van der Waals surface area contributed by atoms with Crippen molar-refractivity contribution >= 4 is 16.9 Å². The zero-order chi connectivity index (χ0) is 15.6. The van der Waals surface area contributed by atoms with Gasteiger partial charge in [-0.3, -0.25) is 4.79 Å². The summed E-state index contributed by atoms with van der Waals surface area (Å²) in [5.74, 6) is -0.284. The second-order valence-corrected chi connectivity index (χ2v) is 4.96. The van der Waals surface area contributed by atoms with E-state index < -0.39 is 5.63 Å². The van der Waals surface area contributed by atoms with Gasteiger partial charge in [0.1, 0.15) is 11.3 Å². The van der Waals surface area contributed by atoms with Crippen LogP contribution in [0.1, 0.15) is 30.0 Å². The van der Waals surface area contributed by atoms with Crippen molar-refractivity contribution in [2.24, 2.45) is 0 Å². The number of hydrogen-bond donors (Lipinski definition) is 1. The fourth-order valence-corrected chi connectivity index (χ4v) is 2.41. The van der Waals surface area contributed by atoms with Crippen molar-refractivity contribution in [3.05, 3.63) is 39.2 Å². The molecule has 0 unspecified atom stereocenters. The van der Waals surface area contributed by atoms with Crippen molar-refractivity contribution in [3.63, 3.8) is 0 Å². The normalized spacial score (nSPS) is 10.8. The minimum absolute atomic E-state index is 0.0728. The molecule has 0 aliphatic rings. The van der Waals surface area contributed by atoms with E-state index in [4.69, 9.17) is 9.15 Å². The Hall–Kier alpha value is -2.30. The van der Waals surface area contributed by atoms with E-state index in [1.54, 1.807) is 26.0 Å². The summed E-state index contributed by atoms with van der Waals surface area (Å²) >= 11 is 0. The highest BCUT2D eigenvalue weighted by atomic mass is 16.5. The zero-order valence-corrected chi connectivity index (χ0v) is 12.4. The summed E-state index contributed by atoms with van der Waals surface area (Å²) in [7, 11) is 0. The molecule has 0 fully saturated rings. The van der Waals surface area contributed by atoms with Crippen molar-refractivity contribution in [1.82, 2.24) is 0 Å². The molecule has 2 aromatic rings. The Kier molecular flexibility index (Phi) is 4.31. The number of rotatable bonds is 4. The second-order valence-electron chi connectivity index (χ2n) is 4.96. The molecule has 1 aromatic heterocycles. The van der Waals surface area contributed by atoms with E-state index in [1.165, 1.54) is 0 Å². The number of carbonyl (C=O) groups is 1. The first kappa shape index (κ1) is 15.1. The van der Waals surface area contributed by atoms with Gasteiger partial charge < -0.3 is 14.3 Å². The van der Waals surface area contributed by atoms with Gasteiger partial charge in [0.15, 0.2) is 0 Å². The lowest BCUT2D eigenvalue weighted by Gasteiger charge is -2.09. The number of aryl methyl sites for hydroxylation is 2. The van der Waals surface area contributed by atoms with Crippen LogP contribution in [0.15, 0.2) is 21.3 Å². The predicted molar refractivity (Wildman–Crippen MR) is 78.6 cm³/mol. The number of esters is 1. The molecule has 2 rings (SSSR count). The summed E-state index contributed by atoms with van der Waals surface area (Å²) in [4.78, 5) is 23.5. The number of fused-ring (bicyclic) bond motifs is 1. The molecule has 1 N–H and O–H groups in total. The maximum Gasteiger partial charge on any atom is 0.339 e. The molecule has 0 radical (unpaired) electrons. The Morgan fingerprint density at radius 3 is 2.71 bits per heavy atom. The Labute approximate surface area is 122 Å². The summed E-state index contributed by atoms with van der Waals surface area (Å²) in [6.45, 7) is 5.59. The average Bonchev–Trinajstić information content (AvgIpc) is 2.37. The van der Waals surface area contributed by atoms with Gasteiger partial charge in [-0.1, -0.05) is 0 Å². The fraction of sp³-hybridized carbons (Fsp3) is 0.375. The quantitative estimate of drug-likeness (QED) is 0.692. The van der Waals surface area contributed by atoms with Gasteiger partial charge in [-0.15, -0.1) is 0 Å². The molecule has 112 valence electrons. The van der Waals surface area contributed by atoms with E-state index >= 15 is 0 Å². The number of ether oxygens (including phenoxy) is 1. The SMILES string of the molecule is CCOC(=O)CCc1c(C)c2c(O)cc(C)cc2oc1=O. The number of benzene rings is 1. The molecule has 1 aromatic carbocycles. The predicted octanol–water partition coefficient (Wildman–Crippen LogP) is 2.61. The van der Waals surface area contributed by atoms with Gasteiger partial charge in [0, 0.05) is 12.0 Å². The maximum absolute atomic E-state index is 12.0. The van der Waals surface area contributed by atoms with Crippen molar-refractivity contribution < 1.29 is 19.1 Å². The molecule has 5 heteroatoms. The first-order valence-corrected chi connectivity index (χ1v) is 6.85. The molecule has 0 aliphatic carbocycles. The van der Waals surface area contributed by atoms with Gasteiger partial charge in [0.05, 0.1) is 12.0 Å². The number of carbonyl (C=O) groups excluding carboxylic acids is 1. The highest BCUT2D eigenvalue weighted by Gasteiger charge is 2.16. The molecule has 0 atom stereocenters. The van der Waals surface area contributed by atoms with Crippen LogP contribution in [0.5, 0.6) is 5.75 Å². The number of hydrogen-bond acceptors (Lipinski definition) is 5. The molecule has 0 amide bonds. The van der Waals surface area contributed by atoms with Crippen LogP contribution in [0.4, 0.5) is 0 Å². The van der Waals surface area contributed by atoms with Gasteiger partial charge in [-0.05, 0) is 50.5 Å². The lowest BCUT2D eigenvalue weighted by Crippen LogP contribution is -2.13. The van der Waals surface area contributed by atoms with Gasteiger partial charge in [0.25, 0.3) is 0 Å². The number of phenols is 1. The van der Waals surface area contributed by atoms with Crippen LogP contribution in [-0.4, -0.2) is 17.7 Å². The van der Waals surface area contributed by atoms with Crippen LogP contribution >= 0.6 is 0 Å². The summed E-state index contributed by atoms with van der Waals surface area (Å²) in [6, 6.07) is 3.32. The number of aromatic hydroxyl groups is 1. The van der Waals surface area contributed by atoms with Crippen molar-refractivity contribution in [3.8, 4) is 5.75 Å². The Balaban J connectivity index is 2.46. The van der Waals surface area contributed by atoms with Crippen LogP contribution in [0.2, 0.25) is 0 Å². The smallest absolute Gasteiger partial charge is 0.339 e. The highest BCUT2D eigenvalue weighted by molar-refractivity contribution is 5.88. The lowest BCUT2D eigenvalue weighted by atomic mass is 10.0. The molecule has 1 heterocycles. The molecule has 0 aliphatic heterocycles. The molecule has 21 heavy (non-hydrogen) atoms. The van der Waals surface area contributed by atoms with E-state index in [2.05, 4.69) is 0 Å². The van der Waals surface area contributed by atoms with Crippen LogP contribution in [0, 0.1) is 13.8 Å². The topological polar surface area (TPSA) is 76.7 Å². The Morgan fingerprint density at radius 1 is 1.33 bits per heavy atom. The van der Waals surface area contributed by atoms with Crippen molar-refractivity contribution in [2.45, 2.75) is 33.6 Å². The Bertz CT molecular complexity index is 742. The second kappa shape index (κ2) is 5.99. The van der Waals surface area contributed by atoms with Gasteiger partial charge >= 0.3 is 11.6 Å².